The lowest BCUT2D eigenvalue weighted by Crippen LogP contribution is -2.41. The standard InChI is InChI=1S/C16H20N4O/c1-21-13-4-5-14-11(9-13)6-7-19-16(14)20-8-2-3-12(10-20)15(17)18/h4-7,9,12H,2-3,8,10H2,1H3,(H3,17,18). The second kappa shape index (κ2) is 5.60. The van der Waals surface area contributed by atoms with Gasteiger partial charge in [-0.05, 0) is 42.5 Å². The third-order valence-corrected chi connectivity index (χ3v) is 4.11. The lowest BCUT2D eigenvalue weighted by molar-refractivity contribution is 0.415. The maximum atomic E-state index is 7.67. The molecule has 3 N–H and O–H groups in total. The number of amidine groups is 1. The molecule has 1 aromatic heterocycles. The third kappa shape index (κ3) is 2.63. The van der Waals surface area contributed by atoms with E-state index in [0.29, 0.717) is 0 Å². The molecule has 1 atom stereocenters. The summed E-state index contributed by atoms with van der Waals surface area (Å²) >= 11 is 0. The van der Waals surface area contributed by atoms with E-state index in [4.69, 9.17) is 15.9 Å². The molecule has 0 bridgehead atoms. The average molecular weight is 284 g/mol. The van der Waals surface area contributed by atoms with Crippen molar-refractivity contribution < 1.29 is 4.74 Å². The minimum absolute atomic E-state index is 0.133. The summed E-state index contributed by atoms with van der Waals surface area (Å²) in [7, 11) is 1.67. The Morgan fingerprint density at radius 2 is 2.29 bits per heavy atom. The monoisotopic (exact) mass is 284 g/mol. The van der Waals surface area contributed by atoms with E-state index in [1.54, 1.807) is 7.11 Å². The summed E-state index contributed by atoms with van der Waals surface area (Å²) in [6.45, 7) is 1.73. The quantitative estimate of drug-likeness (QED) is 0.670. The molecular weight excluding hydrogens is 264 g/mol. The molecule has 110 valence electrons. The number of nitrogens with one attached hydrogen (secondary N) is 1. The van der Waals surface area contributed by atoms with Crippen LogP contribution in [0.1, 0.15) is 12.8 Å². The minimum atomic E-state index is 0.133. The zero-order valence-corrected chi connectivity index (χ0v) is 12.2. The predicted octanol–water partition coefficient (Wildman–Crippen LogP) is 2.40. The maximum Gasteiger partial charge on any atom is 0.136 e. The zero-order valence-electron chi connectivity index (χ0n) is 12.2. The van der Waals surface area contributed by atoms with Crippen LogP contribution in [0.2, 0.25) is 0 Å². The molecule has 5 nitrogen and oxygen atoms in total. The van der Waals surface area contributed by atoms with Gasteiger partial charge in [-0.15, -0.1) is 0 Å². The van der Waals surface area contributed by atoms with Gasteiger partial charge in [-0.25, -0.2) is 4.98 Å². The van der Waals surface area contributed by atoms with Crippen LogP contribution >= 0.6 is 0 Å². The Labute approximate surface area is 124 Å². The summed E-state index contributed by atoms with van der Waals surface area (Å²) in [5.74, 6) is 2.23. The Kier molecular flexibility index (Phi) is 3.64. The van der Waals surface area contributed by atoms with Gasteiger partial charge in [0.05, 0.1) is 12.9 Å². The van der Waals surface area contributed by atoms with Gasteiger partial charge in [0.15, 0.2) is 0 Å². The number of anilines is 1. The molecule has 0 amide bonds. The van der Waals surface area contributed by atoms with E-state index < -0.39 is 0 Å². The topological polar surface area (TPSA) is 75.2 Å². The molecule has 0 saturated carbocycles. The van der Waals surface area contributed by atoms with Crippen LogP contribution in [0.4, 0.5) is 5.82 Å². The molecule has 1 fully saturated rings. The fraction of sp³-hybridized carbons (Fsp3) is 0.375. The maximum absolute atomic E-state index is 7.67. The van der Waals surface area contributed by atoms with E-state index in [9.17, 15) is 0 Å². The smallest absolute Gasteiger partial charge is 0.136 e. The van der Waals surface area contributed by atoms with Gasteiger partial charge >= 0.3 is 0 Å². The molecule has 5 heteroatoms. The molecule has 0 aliphatic carbocycles. The van der Waals surface area contributed by atoms with E-state index in [2.05, 4.69) is 9.88 Å². The number of fused-ring (bicyclic) bond motifs is 1. The Balaban J connectivity index is 1.98. The van der Waals surface area contributed by atoms with E-state index in [1.807, 2.05) is 30.5 Å². The number of aromatic nitrogens is 1. The first-order valence-electron chi connectivity index (χ1n) is 7.20. The van der Waals surface area contributed by atoms with Crippen LogP contribution < -0.4 is 15.4 Å². The molecule has 2 heterocycles. The molecule has 0 spiro atoms. The first kappa shape index (κ1) is 13.7. The van der Waals surface area contributed by atoms with Gasteiger partial charge in [0.2, 0.25) is 0 Å². The minimum Gasteiger partial charge on any atom is -0.497 e. The van der Waals surface area contributed by atoms with E-state index in [0.717, 1.165) is 48.3 Å². The van der Waals surface area contributed by atoms with Gasteiger partial charge < -0.3 is 15.4 Å². The number of benzene rings is 1. The summed E-state index contributed by atoms with van der Waals surface area (Å²) in [6, 6.07) is 8.02. The van der Waals surface area contributed by atoms with Crippen LogP contribution in [0.15, 0.2) is 30.5 Å². The van der Waals surface area contributed by atoms with Crippen molar-refractivity contribution in [1.29, 1.82) is 5.41 Å². The van der Waals surface area contributed by atoms with E-state index >= 15 is 0 Å². The summed E-state index contributed by atoms with van der Waals surface area (Å²) < 4.78 is 5.28. The number of ether oxygens (including phenoxy) is 1. The van der Waals surface area contributed by atoms with Crippen LogP contribution in [-0.4, -0.2) is 31.0 Å². The number of nitrogens with zero attached hydrogens (tertiary/aromatic N) is 2. The SMILES string of the molecule is COc1ccc2c(N3CCCC(C(=N)N)C3)nccc2c1. The van der Waals surface area contributed by atoms with Crippen LogP contribution in [0.3, 0.4) is 0 Å². The largest absolute Gasteiger partial charge is 0.497 e. The molecule has 0 radical (unpaired) electrons. The fourth-order valence-electron chi connectivity index (χ4n) is 2.94. The van der Waals surface area contributed by atoms with Crippen molar-refractivity contribution in [3.8, 4) is 5.75 Å². The van der Waals surface area contributed by atoms with Gasteiger partial charge in [-0.1, -0.05) is 0 Å². The second-order valence-electron chi connectivity index (χ2n) is 5.46. The van der Waals surface area contributed by atoms with Crippen molar-refractivity contribution in [2.75, 3.05) is 25.1 Å². The highest BCUT2D eigenvalue weighted by atomic mass is 16.5. The number of rotatable bonds is 3. The summed E-state index contributed by atoms with van der Waals surface area (Å²) in [4.78, 5) is 6.79. The highest BCUT2D eigenvalue weighted by Crippen LogP contribution is 2.30. The van der Waals surface area contributed by atoms with Gasteiger partial charge in [0, 0.05) is 30.6 Å². The highest BCUT2D eigenvalue weighted by molar-refractivity contribution is 5.93. The van der Waals surface area contributed by atoms with Gasteiger partial charge in [-0.2, -0.15) is 0 Å². The van der Waals surface area contributed by atoms with Crippen molar-refractivity contribution in [3.05, 3.63) is 30.5 Å². The summed E-state index contributed by atoms with van der Waals surface area (Å²) in [5.41, 5.74) is 5.68. The molecule has 1 aliphatic rings. The van der Waals surface area contributed by atoms with Crippen molar-refractivity contribution in [2.24, 2.45) is 11.7 Å². The van der Waals surface area contributed by atoms with Crippen LogP contribution in [0.25, 0.3) is 10.8 Å². The molecule has 2 aromatic rings. The number of piperidine rings is 1. The van der Waals surface area contributed by atoms with Crippen molar-refractivity contribution in [1.82, 2.24) is 4.98 Å². The number of hydrogen-bond donors (Lipinski definition) is 2. The summed E-state index contributed by atoms with van der Waals surface area (Å²) in [6.07, 6.45) is 3.86. The zero-order chi connectivity index (χ0) is 14.8. The molecule has 1 unspecified atom stereocenters. The van der Waals surface area contributed by atoms with Crippen molar-refractivity contribution in [3.63, 3.8) is 0 Å². The molecule has 3 rings (SSSR count). The van der Waals surface area contributed by atoms with Crippen LogP contribution in [-0.2, 0) is 0 Å². The first-order chi connectivity index (χ1) is 10.2. The second-order valence-corrected chi connectivity index (χ2v) is 5.46. The molecule has 21 heavy (non-hydrogen) atoms. The predicted molar refractivity (Wildman–Crippen MR) is 85.1 cm³/mol. The fourth-order valence-corrected chi connectivity index (χ4v) is 2.94. The first-order valence-corrected chi connectivity index (χ1v) is 7.20. The van der Waals surface area contributed by atoms with Crippen molar-refractivity contribution >= 4 is 22.4 Å². The molecule has 1 aromatic carbocycles. The van der Waals surface area contributed by atoms with Crippen LogP contribution in [0, 0.1) is 11.3 Å². The Morgan fingerprint density at radius 1 is 1.43 bits per heavy atom. The highest BCUT2D eigenvalue weighted by Gasteiger charge is 2.23. The summed E-state index contributed by atoms with van der Waals surface area (Å²) in [5, 5.41) is 9.90. The Morgan fingerprint density at radius 3 is 3.05 bits per heavy atom. The Bertz CT molecular complexity index is 670. The average Bonchev–Trinajstić information content (AvgIpc) is 2.53. The molecule has 1 saturated heterocycles. The number of pyridine rings is 1. The third-order valence-electron chi connectivity index (χ3n) is 4.11. The molecular formula is C16H20N4O. The van der Waals surface area contributed by atoms with Crippen LogP contribution in [0.5, 0.6) is 5.75 Å². The van der Waals surface area contributed by atoms with E-state index in [1.165, 1.54) is 0 Å². The normalized spacial score (nSPS) is 18.7. The van der Waals surface area contributed by atoms with Gasteiger partial charge in [0.25, 0.3) is 0 Å². The van der Waals surface area contributed by atoms with Gasteiger partial charge in [-0.3, -0.25) is 5.41 Å². The number of nitrogens with two attached hydrogens (primary N) is 1. The molecule has 1 aliphatic heterocycles. The van der Waals surface area contributed by atoms with E-state index in [-0.39, 0.29) is 11.8 Å². The number of methoxy groups -OCH3 is 1. The number of hydrogen-bond acceptors (Lipinski definition) is 4. The Hall–Kier alpha value is -2.30. The van der Waals surface area contributed by atoms with Crippen molar-refractivity contribution in [2.45, 2.75) is 12.8 Å². The lowest BCUT2D eigenvalue weighted by Gasteiger charge is -2.33. The lowest BCUT2D eigenvalue weighted by atomic mass is 9.96. The van der Waals surface area contributed by atoms with Gasteiger partial charge in [0.1, 0.15) is 11.6 Å².